The molecule has 1 fully saturated rings. The maximum Gasteiger partial charge on any atom is 0.191 e. The number of aryl methyl sites for hydroxylation is 1. The quantitative estimate of drug-likeness (QED) is 0.403. The van der Waals surface area contributed by atoms with Crippen LogP contribution in [-0.2, 0) is 6.54 Å². The number of anilines is 1. The van der Waals surface area contributed by atoms with Gasteiger partial charge < -0.3 is 20.1 Å². The number of aromatic nitrogens is 1. The van der Waals surface area contributed by atoms with Crippen molar-refractivity contribution in [2.75, 3.05) is 25.0 Å². The minimum Gasteiger partial charge on any atom is -0.365 e. The maximum absolute atomic E-state index is 13.9. The molecule has 3 rings (SSSR count). The summed E-state index contributed by atoms with van der Waals surface area (Å²) < 4.78 is 33.0. The lowest BCUT2D eigenvalue weighted by Crippen LogP contribution is -2.44. The van der Waals surface area contributed by atoms with Crippen molar-refractivity contribution in [1.29, 1.82) is 0 Å². The zero-order valence-corrected chi connectivity index (χ0v) is 17.0. The van der Waals surface area contributed by atoms with Crippen LogP contribution in [0, 0.1) is 18.6 Å². The van der Waals surface area contributed by atoms with Crippen LogP contribution in [0.1, 0.15) is 17.9 Å². The van der Waals surface area contributed by atoms with Crippen LogP contribution < -0.4 is 15.5 Å². The Kier molecular flexibility index (Phi) is 7.18. The van der Waals surface area contributed by atoms with Crippen LogP contribution in [0.5, 0.6) is 0 Å². The Hall–Kier alpha value is -1.91. The molecule has 0 bridgehead atoms. The zero-order valence-electron chi connectivity index (χ0n) is 14.6. The molecule has 0 spiro atoms. The number of halogens is 3. The van der Waals surface area contributed by atoms with E-state index in [2.05, 4.69) is 20.8 Å². The van der Waals surface area contributed by atoms with Crippen LogP contribution in [0.4, 0.5) is 14.5 Å². The highest BCUT2D eigenvalue weighted by Gasteiger charge is 2.27. The fourth-order valence-electron chi connectivity index (χ4n) is 2.93. The molecule has 2 N–H and O–H groups in total. The standard InChI is InChI=1S/C17H21F2N5O.HI/c1-11-8-13(25-23-11)9-21-17(20-2)22-12-6-7-24(10-12)16-14(18)4-3-5-15(16)19;/h3-5,8,12H,6-7,9-10H2,1-2H3,(H2,20,21,22);1H. The molecule has 142 valence electrons. The minimum absolute atomic E-state index is 0. The van der Waals surface area contributed by atoms with Crippen molar-refractivity contribution in [2.45, 2.75) is 25.9 Å². The number of rotatable bonds is 4. The van der Waals surface area contributed by atoms with Crippen molar-refractivity contribution in [2.24, 2.45) is 4.99 Å². The Bertz CT molecular complexity index is 747. The van der Waals surface area contributed by atoms with Crippen LogP contribution in [0.3, 0.4) is 0 Å². The summed E-state index contributed by atoms with van der Waals surface area (Å²) in [6.07, 6.45) is 0.760. The number of nitrogens with zero attached hydrogens (tertiary/aromatic N) is 3. The third-order valence-electron chi connectivity index (χ3n) is 4.11. The van der Waals surface area contributed by atoms with Gasteiger partial charge in [0.2, 0.25) is 0 Å². The van der Waals surface area contributed by atoms with Gasteiger partial charge in [0.15, 0.2) is 11.7 Å². The molecule has 9 heteroatoms. The predicted molar refractivity (Wildman–Crippen MR) is 107 cm³/mol. The first-order chi connectivity index (χ1) is 12.1. The number of hydrogen-bond acceptors (Lipinski definition) is 4. The molecule has 1 aromatic carbocycles. The summed E-state index contributed by atoms with van der Waals surface area (Å²) in [5.41, 5.74) is 0.852. The summed E-state index contributed by atoms with van der Waals surface area (Å²) in [5.74, 6) is 0.240. The fourth-order valence-corrected chi connectivity index (χ4v) is 2.93. The Morgan fingerprint density at radius 3 is 2.73 bits per heavy atom. The van der Waals surface area contributed by atoms with Gasteiger partial charge in [-0.25, -0.2) is 8.78 Å². The number of aliphatic imine (C=N–C) groups is 1. The van der Waals surface area contributed by atoms with Gasteiger partial charge in [0, 0.05) is 32.2 Å². The van der Waals surface area contributed by atoms with Gasteiger partial charge in [-0.3, -0.25) is 4.99 Å². The van der Waals surface area contributed by atoms with Crippen molar-refractivity contribution in [3.05, 3.63) is 47.4 Å². The first kappa shape index (κ1) is 20.4. The molecule has 26 heavy (non-hydrogen) atoms. The highest BCUT2D eigenvalue weighted by atomic mass is 127. The van der Waals surface area contributed by atoms with Gasteiger partial charge in [0.05, 0.1) is 12.2 Å². The molecule has 1 saturated heterocycles. The van der Waals surface area contributed by atoms with Crippen molar-refractivity contribution in [3.8, 4) is 0 Å². The minimum atomic E-state index is -0.538. The summed E-state index contributed by atoms with van der Waals surface area (Å²) in [4.78, 5) is 5.89. The normalized spacial score (nSPS) is 17.2. The fraction of sp³-hybridized carbons (Fsp3) is 0.412. The number of para-hydroxylation sites is 1. The van der Waals surface area contributed by atoms with Gasteiger partial charge >= 0.3 is 0 Å². The van der Waals surface area contributed by atoms with Gasteiger partial charge in [-0.15, -0.1) is 24.0 Å². The van der Waals surface area contributed by atoms with Crippen LogP contribution in [0.25, 0.3) is 0 Å². The third kappa shape index (κ3) is 4.83. The second-order valence-electron chi connectivity index (χ2n) is 6.01. The van der Waals surface area contributed by atoms with Crippen molar-refractivity contribution < 1.29 is 13.3 Å². The summed E-state index contributed by atoms with van der Waals surface area (Å²) in [5, 5.41) is 10.2. The molecule has 1 unspecified atom stereocenters. The van der Waals surface area contributed by atoms with Crippen LogP contribution >= 0.6 is 24.0 Å². The zero-order chi connectivity index (χ0) is 17.8. The Morgan fingerprint density at radius 2 is 2.12 bits per heavy atom. The summed E-state index contributed by atoms with van der Waals surface area (Å²) in [6.45, 7) is 3.39. The lowest BCUT2D eigenvalue weighted by molar-refractivity contribution is 0.376. The topological polar surface area (TPSA) is 65.7 Å². The number of benzene rings is 1. The first-order valence-electron chi connectivity index (χ1n) is 8.15. The van der Waals surface area contributed by atoms with E-state index in [0.29, 0.717) is 31.4 Å². The van der Waals surface area contributed by atoms with Gasteiger partial charge in [0.1, 0.15) is 17.3 Å². The van der Waals surface area contributed by atoms with Gasteiger partial charge in [0.25, 0.3) is 0 Å². The third-order valence-corrected chi connectivity index (χ3v) is 4.11. The lowest BCUT2D eigenvalue weighted by Gasteiger charge is -2.21. The van der Waals surface area contributed by atoms with Crippen molar-refractivity contribution in [3.63, 3.8) is 0 Å². The first-order valence-corrected chi connectivity index (χ1v) is 8.15. The van der Waals surface area contributed by atoms with E-state index in [1.54, 1.807) is 11.9 Å². The van der Waals surface area contributed by atoms with E-state index in [4.69, 9.17) is 4.52 Å². The largest absolute Gasteiger partial charge is 0.365 e. The lowest BCUT2D eigenvalue weighted by atomic mass is 10.2. The van der Waals surface area contributed by atoms with Crippen LogP contribution in [0.15, 0.2) is 33.8 Å². The summed E-state index contributed by atoms with van der Waals surface area (Å²) in [6, 6.07) is 5.81. The Balaban J connectivity index is 0.00000243. The molecule has 0 amide bonds. The van der Waals surface area contributed by atoms with E-state index in [0.717, 1.165) is 12.1 Å². The average Bonchev–Trinajstić information content (AvgIpc) is 3.20. The highest BCUT2D eigenvalue weighted by molar-refractivity contribution is 14.0. The Labute approximate surface area is 168 Å². The molecular weight excluding hydrogens is 455 g/mol. The van der Waals surface area contributed by atoms with Crippen molar-refractivity contribution in [1.82, 2.24) is 15.8 Å². The monoisotopic (exact) mass is 477 g/mol. The van der Waals surface area contributed by atoms with E-state index < -0.39 is 11.6 Å². The molecule has 1 aromatic heterocycles. The molecule has 0 saturated carbocycles. The van der Waals surface area contributed by atoms with Crippen LogP contribution in [0.2, 0.25) is 0 Å². The van der Waals surface area contributed by atoms with Gasteiger partial charge in [-0.05, 0) is 25.5 Å². The number of guanidine groups is 1. The summed E-state index contributed by atoms with van der Waals surface area (Å²) in [7, 11) is 1.67. The smallest absolute Gasteiger partial charge is 0.191 e. The molecule has 1 aliphatic rings. The number of nitrogens with one attached hydrogen (secondary N) is 2. The van der Waals surface area contributed by atoms with E-state index in [1.807, 2.05) is 13.0 Å². The molecule has 0 aliphatic carbocycles. The summed E-state index contributed by atoms with van der Waals surface area (Å²) >= 11 is 0. The van der Waals surface area contributed by atoms with Gasteiger partial charge in [-0.1, -0.05) is 11.2 Å². The average molecular weight is 477 g/mol. The van der Waals surface area contributed by atoms with Crippen molar-refractivity contribution >= 4 is 35.6 Å². The Morgan fingerprint density at radius 1 is 1.38 bits per heavy atom. The molecule has 6 nitrogen and oxygen atoms in total. The van der Waals surface area contributed by atoms with E-state index in [9.17, 15) is 8.78 Å². The highest BCUT2D eigenvalue weighted by Crippen LogP contribution is 2.26. The molecule has 1 atom stereocenters. The molecule has 2 aromatic rings. The van der Waals surface area contributed by atoms with E-state index in [-0.39, 0.29) is 35.7 Å². The van der Waals surface area contributed by atoms with E-state index in [1.165, 1.54) is 18.2 Å². The number of hydrogen-bond donors (Lipinski definition) is 2. The van der Waals surface area contributed by atoms with E-state index >= 15 is 0 Å². The molecule has 1 aliphatic heterocycles. The maximum atomic E-state index is 13.9. The molecular formula is C17H22F2IN5O. The molecule has 2 heterocycles. The second kappa shape index (κ2) is 9.15. The SMILES string of the molecule is CN=C(NCc1cc(C)no1)NC1CCN(c2c(F)cccc2F)C1.I. The molecule has 0 radical (unpaired) electrons. The predicted octanol–water partition coefficient (Wildman–Crippen LogP) is 2.82. The van der Waals surface area contributed by atoms with Gasteiger partial charge in [-0.2, -0.15) is 0 Å². The van der Waals surface area contributed by atoms with Crippen LogP contribution in [-0.4, -0.2) is 37.3 Å². The second-order valence-corrected chi connectivity index (χ2v) is 6.01.